The second-order valence-corrected chi connectivity index (χ2v) is 5.90. The van der Waals surface area contributed by atoms with Gasteiger partial charge in [-0.05, 0) is 24.6 Å². The molecule has 0 saturated carbocycles. The number of para-hydroxylation sites is 1. The minimum absolute atomic E-state index is 0.201. The fraction of sp³-hybridized carbons (Fsp3) is 0.150. The van der Waals surface area contributed by atoms with Crippen LogP contribution in [0.2, 0.25) is 0 Å². The molecule has 0 aliphatic heterocycles. The lowest BCUT2D eigenvalue weighted by molar-refractivity contribution is 0.477. The Kier molecular flexibility index (Phi) is 3.90. The van der Waals surface area contributed by atoms with E-state index in [2.05, 4.69) is 22.0 Å². The molecule has 0 atom stereocenters. The molecule has 2 aromatic heterocycles. The highest BCUT2D eigenvalue weighted by molar-refractivity contribution is 5.73. The van der Waals surface area contributed by atoms with E-state index < -0.39 is 0 Å². The van der Waals surface area contributed by atoms with E-state index in [1.807, 2.05) is 48.5 Å². The van der Waals surface area contributed by atoms with Crippen LogP contribution in [0.1, 0.15) is 19.2 Å². The molecule has 0 saturated heterocycles. The smallest absolute Gasteiger partial charge is 0.253 e. The van der Waals surface area contributed by atoms with Crippen molar-refractivity contribution in [1.82, 2.24) is 19.6 Å². The average Bonchev–Trinajstić information content (AvgIpc) is 3.05. The first-order chi connectivity index (χ1) is 12.3. The number of phenols is 1. The number of fused-ring (bicyclic) bond motifs is 1. The van der Waals surface area contributed by atoms with Crippen LogP contribution in [0, 0.1) is 0 Å². The van der Waals surface area contributed by atoms with Gasteiger partial charge >= 0.3 is 0 Å². The third-order valence-electron chi connectivity index (χ3n) is 4.08. The molecule has 5 nitrogen and oxygen atoms in total. The number of rotatable bonds is 4. The summed E-state index contributed by atoms with van der Waals surface area (Å²) in [6.07, 6.45) is 1.79. The monoisotopic (exact) mass is 330 g/mol. The van der Waals surface area contributed by atoms with Gasteiger partial charge in [-0.15, -0.1) is 5.10 Å². The van der Waals surface area contributed by atoms with Crippen molar-refractivity contribution in [2.75, 3.05) is 0 Å². The predicted molar refractivity (Wildman–Crippen MR) is 97.3 cm³/mol. The van der Waals surface area contributed by atoms with Crippen molar-refractivity contribution in [3.8, 4) is 28.3 Å². The predicted octanol–water partition coefficient (Wildman–Crippen LogP) is 4.12. The SMILES string of the molecule is CCCc1nc2nc(-c3ccccc3O)cc(-c3ccccc3)n2n1. The Hall–Kier alpha value is -3.21. The highest BCUT2D eigenvalue weighted by Crippen LogP contribution is 2.30. The third-order valence-corrected chi connectivity index (χ3v) is 4.08. The van der Waals surface area contributed by atoms with Gasteiger partial charge in [-0.25, -0.2) is 4.98 Å². The molecule has 25 heavy (non-hydrogen) atoms. The average molecular weight is 330 g/mol. The Labute approximate surface area is 145 Å². The molecule has 0 aliphatic carbocycles. The Bertz CT molecular complexity index is 1020. The van der Waals surface area contributed by atoms with Crippen LogP contribution < -0.4 is 0 Å². The summed E-state index contributed by atoms with van der Waals surface area (Å²) in [6.45, 7) is 2.10. The lowest BCUT2D eigenvalue weighted by atomic mass is 10.1. The molecule has 1 N–H and O–H groups in total. The molecule has 5 heteroatoms. The van der Waals surface area contributed by atoms with E-state index in [-0.39, 0.29) is 5.75 Å². The van der Waals surface area contributed by atoms with Gasteiger partial charge in [0, 0.05) is 17.5 Å². The molecule has 0 spiro atoms. The van der Waals surface area contributed by atoms with E-state index in [0.717, 1.165) is 29.9 Å². The van der Waals surface area contributed by atoms with Crippen molar-refractivity contribution >= 4 is 5.78 Å². The number of nitrogens with zero attached hydrogens (tertiary/aromatic N) is 4. The van der Waals surface area contributed by atoms with Crippen LogP contribution in [-0.4, -0.2) is 24.7 Å². The summed E-state index contributed by atoms with van der Waals surface area (Å²) >= 11 is 0. The van der Waals surface area contributed by atoms with Crippen LogP contribution in [0.25, 0.3) is 28.3 Å². The second-order valence-electron chi connectivity index (χ2n) is 5.90. The van der Waals surface area contributed by atoms with Crippen LogP contribution in [0.4, 0.5) is 0 Å². The van der Waals surface area contributed by atoms with Gasteiger partial charge in [-0.2, -0.15) is 9.50 Å². The van der Waals surface area contributed by atoms with E-state index in [0.29, 0.717) is 17.0 Å². The van der Waals surface area contributed by atoms with Crippen molar-refractivity contribution < 1.29 is 5.11 Å². The molecule has 124 valence electrons. The second kappa shape index (κ2) is 6.36. The van der Waals surface area contributed by atoms with Crippen molar-refractivity contribution in [3.63, 3.8) is 0 Å². The Morgan fingerprint density at radius 2 is 1.72 bits per heavy atom. The number of aromatic hydroxyl groups is 1. The molecule has 4 aromatic rings. The van der Waals surface area contributed by atoms with E-state index in [4.69, 9.17) is 0 Å². The Balaban J connectivity index is 1.98. The molecular formula is C20H18N4O. The maximum Gasteiger partial charge on any atom is 0.253 e. The molecule has 4 rings (SSSR count). The number of hydrogen-bond donors (Lipinski definition) is 1. The zero-order valence-corrected chi connectivity index (χ0v) is 13.9. The number of aryl methyl sites for hydroxylation is 1. The standard InChI is InChI=1S/C20H18N4O/c1-2-8-19-22-20-21-16(15-11-6-7-12-18(15)25)13-17(24(20)23-19)14-9-4-3-5-10-14/h3-7,9-13,25H,2,8H2,1H3. The molecule has 0 unspecified atom stereocenters. The van der Waals surface area contributed by atoms with Crippen LogP contribution in [0.15, 0.2) is 60.7 Å². The highest BCUT2D eigenvalue weighted by atomic mass is 16.3. The van der Waals surface area contributed by atoms with Gasteiger partial charge < -0.3 is 5.11 Å². The van der Waals surface area contributed by atoms with Crippen molar-refractivity contribution in [2.45, 2.75) is 19.8 Å². The first kappa shape index (κ1) is 15.3. The first-order valence-electron chi connectivity index (χ1n) is 8.36. The minimum atomic E-state index is 0.201. The van der Waals surface area contributed by atoms with Crippen molar-refractivity contribution in [2.24, 2.45) is 0 Å². The fourth-order valence-electron chi connectivity index (χ4n) is 2.88. The van der Waals surface area contributed by atoms with E-state index in [1.165, 1.54) is 0 Å². The Morgan fingerprint density at radius 3 is 2.48 bits per heavy atom. The van der Waals surface area contributed by atoms with Crippen molar-refractivity contribution in [1.29, 1.82) is 0 Å². The van der Waals surface area contributed by atoms with Gasteiger partial charge in [0.1, 0.15) is 5.75 Å². The van der Waals surface area contributed by atoms with Gasteiger partial charge in [0.2, 0.25) is 0 Å². The number of hydrogen-bond acceptors (Lipinski definition) is 4. The molecule has 2 heterocycles. The fourth-order valence-corrected chi connectivity index (χ4v) is 2.88. The van der Waals surface area contributed by atoms with E-state index in [9.17, 15) is 5.11 Å². The van der Waals surface area contributed by atoms with Gasteiger partial charge in [-0.1, -0.05) is 49.4 Å². The van der Waals surface area contributed by atoms with Crippen molar-refractivity contribution in [3.05, 3.63) is 66.5 Å². The summed E-state index contributed by atoms with van der Waals surface area (Å²) in [5.74, 6) is 1.52. The summed E-state index contributed by atoms with van der Waals surface area (Å²) in [5, 5.41) is 14.8. The van der Waals surface area contributed by atoms with Gasteiger partial charge in [0.25, 0.3) is 5.78 Å². The quantitative estimate of drug-likeness (QED) is 0.611. The molecule has 0 amide bonds. The molecule has 0 aliphatic rings. The summed E-state index contributed by atoms with van der Waals surface area (Å²) < 4.78 is 1.78. The number of phenolic OH excluding ortho intramolecular Hbond substituents is 1. The highest BCUT2D eigenvalue weighted by Gasteiger charge is 2.14. The molecular weight excluding hydrogens is 312 g/mol. The summed E-state index contributed by atoms with van der Waals surface area (Å²) in [5.41, 5.74) is 3.29. The zero-order chi connectivity index (χ0) is 17.2. The van der Waals surface area contributed by atoms with Gasteiger partial charge in [-0.3, -0.25) is 0 Å². The lowest BCUT2D eigenvalue weighted by Crippen LogP contribution is -1.99. The third kappa shape index (κ3) is 2.85. The topological polar surface area (TPSA) is 63.3 Å². The minimum Gasteiger partial charge on any atom is -0.507 e. The molecule has 0 fully saturated rings. The normalized spacial score (nSPS) is 11.1. The van der Waals surface area contributed by atoms with Gasteiger partial charge in [0.05, 0.1) is 11.4 Å². The van der Waals surface area contributed by atoms with Gasteiger partial charge in [0.15, 0.2) is 5.82 Å². The van der Waals surface area contributed by atoms with Crippen LogP contribution in [0.3, 0.4) is 0 Å². The van der Waals surface area contributed by atoms with Crippen LogP contribution in [-0.2, 0) is 6.42 Å². The lowest BCUT2D eigenvalue weighted by Gasteiger charge is -2.08. The zero-order valence-electron chi connectivity index (χ0n) is 13.9. The van der Waals surface area contributed by atoms with Crippen LogP contribution >= 0.6 is 0 Å². The summed E-state index contributed by atoms with van der Waals surface area (Å²) in [4.78, 5) is 9.19. The maximum absolute atomic E-state index is 10.2. The van der Waals surface area contributed by atoms with E-state index >= 15 is 0 Å². The molecule has 0 radical (unpaired) electrons. The Morgan fingerprint density at radius 1 is 0.960 bits per heavy atom. The van der Waals surface area contributed by atoms with Crippen LogP contribution in [0.5, 0.6) is 5.75 Å². The number of aromatic nitrogens is 4. The summed E-state index contributed by atoms with van der Waals surface area (Å²) in [6, 6.07) is 19.2. The molecule has 0 bridgehead atoms. The maximum atomic E-state index is 10.2. The first-order valence-corrected chi connectivity index (χ1v) is 8.36. The van der Waals surface area contributed by atoms with E-state index in [1.54, 1.807) is 16.6 Å². The summed E-state index contributed by atoms with van der Waals surface area (Å²) in [7, 11) is 0. The number of benzene rings is 2. The largest absolute Gasteiger partial charge is 0.507 e. The molecule has 2 aromatic carbocycles.